The lowest BCUT2D eigenvalue weighted by molar-refractivity contribution is 0.101. The van der Waals surface area contributed by atoms with Crippen molar-refractivity contribution in [2.45, 2.75) is 52.9 Å². The molecule has 0 radical (unpaired) electrons. The smallest absolute Gasteiger partial charge is 0.160 e. The van der Waals surface area contributed by atoms with Crippen LogP contribution in [-0.4, -0.2) is 5.78 Å². The predicted octanol–water partition coefficient (Wildman–Crippen LogP) is 4.36. The number of carbonyl (C=O) groups is 1. The van der Waals surface area contributed by atoms with E-state index in [1.165, 1.54) is 17.5 Å². The highest BCUT2D eigenvalue weighted by Gasteiger charge is 2.13. The summed E-state index contributed by atoms with van der Waals surface area (Å²) >= 11 is 0. The number of hydrogen-bond donors (Lipinski definition) is 0. The molecule has 0 amide bonds. The zero-order chi connectivity index (χ0) is 12.1. The Morgan fingerprint density at radius 3 is 2.50 bits per heavy atom. The molecule has 88 valence electrons. The standard InChI is InChI=1S/C15H22O/c1-5-6-8-15-13(11(2)3)9-7-10-14(15)12(4)16/h7,9-11H,5-6,8H2,1-4H3. The first-order valence-electron chi connectivity index (χ1n) is 6.20. The maximum absolute atomic E-state index is 11.6. The fraction of sp³-hybridized carbons (Fsp3) is 0.533. The summed E-state index contributed by atoms with van der Waals surface area (Å²) in [6.07, 6.45) is 3.35. The van der Waals surface area contributed by atoms with Gasteiger partial charge in [-0.1, -0.05) is 45.4 Å². The van der Waals surface area contributed by atoms with Gasteiger partial charge in [-0.15, -0.1) is 0 Å². The Labute approximate surface area is 98.9 Å². The summed E-state index contributed by atoms with van der Waals surface area (Å²) < 4.78 is 0. The Kier molecular flexibility index (Phi) is 4.72. The summed E-state index contributed by atoms with van der Waals surface area (Å²) in [7, 11) is 0. The molecule has 0 N–H and O–H groups in total. The van der Waals surface area contributed by atoms with E-state index in [9.17, 15) is 4.79 Å². The normalized spacial score (nSPS) is 10.8. The van der Waals surface area contributed by atoms with Crippen molar-refractivity contribution in [3.05, 3.63) is 34.9 Å². The average Bonchev–Trinajstić information content (AvgIpc) is 2.25. The first-order chi connectivity index (χ1) is 7.57. The molecule has 1 heteroatoms. The Morgan fingerprint density at radius 1 is 1.31 bits per heavy atom. The van der Waals surface area contributed by atoms with Crippen molar-refractivity contribution in [3.8, 4) is 0 Å². The molecule has 0 bridgehead atoms. The van der Waals surface area contributed by atoms with Crippen LogP contribution in [0.5, 0.6) is 0 Å². The van der Waals surface area contributed by atoms with Gasteiger partial charge in [0.05, 0.1) is 0 Å². The van der Waals surface area contributed by atoms with Gasteiger partial charge in [-0.2, -0.15) is 0 Å². The van der Waals surface area contributed by atoms with Gasteiger partial charge in [0.2, 0.25) is 0 Å². The minimum atomic E-state index is 0.189. The third-order valence-electron chi connectivity index (χ3n) is 2.99. The second kappa shape index (κ2) is 5.83. The molecule has 1 nitrogen and oxygen atoms in total. The zero-order valence-corrected chi connectivity index (χ0v) is 10.8. The van der Waals surface area contributed by atoms with E-state index >= 15 is 0 Å². The highest BCUT2D eigenvalue weighted by Crippen LogP contribution is 2.24. The van der Waals surface area contributed by atoms with Crippen LogP contribution in [0, 0.1) is 0 Å². The predicted molar refractivity (Wildman–Crippen MR) is 69.1 cm³/mol. The monoisotopic (exact) mass is 218 g/mol. The first-order valence-corrected chi connectivity index (χ1v) is 6.20. The van der Waals surface area contributed by atoms with Crippen molar-refractivity contribution in [3.63, 3.8) is 0 Å². The number of rotatable bonds is 5. The fourth-order valence-electron chi connectivity index (χ4n) is 2.11. The highest BCUT2D eigenvalue weighted by molar-refractivity contribution is 5.95. The van der Waals surface area contributed by atoms with Gasteiger partial charge in [0.1, 0.15) is 0 Å². The molecule has 0 saturated carbocycles. The number of hydrogen-bond acceptors (Lipinski definition) is 1. The van der Waals surface area contributed by atoms with E-state index < -0.39 is 0 Å². The van der Waals surface area contributed by atoms with Crippen molar-refractivity contribution in [2.24, 2.45) is 0 Å². The van der Waals surface area contributed by atoms with Crippen LogP contribution in [0.4, 0.5) is 0 Å². The van der Waals surface area contributed by atoms with Gasteiger partial charge >= 0.3 is 0 Å². The van der Waals surface area contributed by atoms with E-state index in [1.807, 2.05) is 12.1 Å². The molecule has 0 heterocycles. The first kappa shape index (κ1) is 13.0. The van der Waals surface area contributed by atoms with E-state index in [-0.39, 0.29) is 5.78 Å². The summed E-state index contributed by atoms with van der Waals surface area (Å²) in [4.78, 5) is 11.6. The number of carbonyl (C=O) groups excluding carboxylic acids is 1. The van der Waals surface area contributed by atoms with Crippen LogP contribution < -0.4 is 0 Å². The Balaban J connectivity index is 3.18. The van der Waals surface area contributed by atoms with Crippen molar-refractivity contribution in [2.75, 3.05) is 0 Å². The van der Waals surface area contributed by atoms with Gasteiger partial charge in [0.25, 0.3) is 0 Å². The van der Waals surface area contributed by atoms with Gasteiger partial charge < -0.3 is 0 Å². The molecule has 1 rings (SSSR count). The van der Waals surface area contributed by atoms with Gasteiger partial charge in [-0.3, -0.25) is 4.79 Å². The summed E-state index contributed by atoms with van der Waals surface area (Å²) in [5, 5.41) is 0. The van der Waals surface area contributed by atoms with E-state index in [1.54, 1.807) is 6.92 Å². The molecule has 0 atom stereocenters. The van der Waals surface area contributed by atoms with Crippen molar-refractivity contribution in [1.29, 1.82) is 0 Å². The highest BCUT2D eigenvalue weighted by atomic mass is 16.1. The van der Waals surface area contributed by atoms with Crippen LogP contribution in [0.15, 0.2) is 18.2 Å². The summed E-state index contributed by atoms with van der Waals surface area (Å²) in [6.45, 7) is 8.23. The Morgan fingerprint density at radius 2 is 2.00 bits per heavy atom. The fourth-order valence-corrected chi connectivity index (χ4v) is 2.11. The lowest BCUT2D eigenvalue weighted by atomic mass is 9.89. The van der Waals surface area contributed by atoms with E-state index in [0.29, 0.717) is 5.92 Å². The van der Waals surface area contributed by atoms with Crippen molar-refractivity contribution in [1.82, 2.24) is 0 Å². The van der Waals surface area contributed by atoms with Crippen LogP contribution in [0.25, 0.3) is 0 Å². The second-order valence-electron chi connectivity index (χ2n) is 4.69. The number of ketones is 1. The molecule has 0 aromatic heterocycles. The molecule has 16 heavy (non-hydrogen) atoms. The van der Waals surface area contributed by atoms with Crippen LogP contribution in [0.1, 0.15) is 67.9 Å². The molecule has 1 aromatic rings. The van der Waals surface area contributed by atoms with E-state index in [2.05, 4.69) is 26.8 Å². The molecule has 0 aliphatic heterocycles. The minimum absolute atomic E-state index is 0.189. The average molecular weight is 218 g/mol. The molecule has 0 aliphatic carbocycles. The van der Waals surface area contributed by atoms with Crippen LogP contribution >= 0.6 is 0 Å². The lowest BCUT2D eigenvalue weighted by Gasteiger charge is -2.15. The second-order valence-corrected chi connectivity index (χ2v) is 4.69. The number of unbranched alkanes of at least 4 members (excludes halogenated alkanes) is 1. The van der Waals surface area contributed by atoms with Gasteiger partial charge in [0.15, 0.2) is 5.78 Å². The molecule has 1 aromatic carbocycles. The topological polar surface area (TPSA) is 17.1 Å². The molecule has 0 fully saturated rings. The van der Waals surface area contributed by atoms with Crippen LogP contribution in [0.3, 0.4) is 0 Å². The SMILES string of the molecule is CCCCc1c(C(C)=O)cccc1C(C)C. The van der Waals surface area contributed by atoms with Crippen molar-refractivity contribution < 1.29 is 4.79 Å². The van der Waals surface area contributed by atoms with E-state index in [4.69, 9.17) is 0 Å². The van der Waals surface area contributed by atoms with Gasteiger partial charge in [0, 0.05) is 5.56 Å². The Bertz CT molecular complexity index is 364. The summed E-state index contributed by atoms with van der Waals surface area (Å²) in [6, 6.07) is 6.11. The molecular weight excluding hydrogens is 196 g/mol. The zero-order valence-electron chi connectivity index (χ0n) is 10.8. The molecule has 0 spiro atoms. The number of Topliss-reactive ketones (excluding diaryl/α,β-unsaturated/α-hetero) is 1. The largest absolute Gasteiger partial charge is 0.295 e. The molecule has 0 unspecified atom stereocenters. The van der Waals surface area contributed by atoms with Crippen LogP contribution in [-0.2, 0) is 6.42 Å². The molecular formula is C15H22O. The van der Waals surface area contributed by atoms with E-state index in [0.717, 1.165) is 18.4 Å². The van der Waals surface area contributed by atoms with Crippen LogP contribution in [0.2, 0.25) is 0 Å². The van der Waals surface area contributed by atoms with Gasteiger partial charge in [-0.25, -0.2) is 0 Å². The molecule has 0 aliphatic rings. The lowest BCUT2D eigenvalue weighted by Crippen LogP contribution is -2.05. The summed E-state index contributed by atoms with van der Waals surface area (Å²) in [5.74, 6) is 0.680. The Hall–Kier alpha value is -1.11. The van der Waals surface area contributed by atoms with Gasteiger partial charge in [-0.05, 0) is 36.8 Å². The summed E-state index contributed by atoms with van der Waals surface area (Å²) in [5.41, 5.74) is 3.52. The minimum Gasteiger partial charge on any atom is -0.295 e. The third kappa shape index (κ3) is 2.94. The maximum Gasteiger partial charge on any atom is 0.160 e. The third-order valence-corrected chi connectivity index (χ3v) is 2.99. The van der Waals surface area contributed by atoms with Crippen molar-refractivity contribution >= 4 is 5.78 Å². The quantitative estimate of drug-likeness (QED) is 0.671. The molecule has 0 saturated heterocycles. The number of benzene rings is 1. The maximum atomic E-state index is 11.6.